The summed E-state index contributed by atoms with van der Waals surface area (Å²) in [5.74, 6) is 0. The SMILES string of the molecule is CCn1c(=O)c2[nH]c(Br)cc2n(CC)c1=O. The van der Waals surface area contributed by atoms with E-state index in [1.54, 1.807) is 17.6 Å². The van der Waals surface area contributed by atoms with Gasteiger partial charge in [0.05, 0.1) is 10.1 Å². The lowest BCUT2D eigenvalue weighted by Crippen LogP contribution is -2.39. The molecule has 0 aromatic carbocycles. The molecule has 2 aromatic rings. The number of hydrogen-bond acceptors (Lipinski definition) is 2. The quantitative estimate of drug-likeness (QED) is 0.904. The van der Waals surface area contributed by atoms with Crippen molar-refractivity contribution >= 4 is 27.0 Å². The largest absolute Gasteiger partial charge is 0.343 e. The smallest absolute Gasteiger partial charge is 0.331 e. The van der Waals surface area contributed by atoms with E-state index in [1.165, 1.54) is 4.57 Å². The molecule has 0 saturated heterocycles. The fourth-order valence-electron chi connectivity index (χ4n) is 1.84. The molecule has 0 radical (unpaired) electrons. The van der Waals surface area contributed by atoms with Gasteiger partial charge >= 0.3 is 5.69 Å². The monoisotopic (exact) mass is 285 g/mol. The highest BCUT2D eigenvalue weighted by atomic mass is 79.9. The van der Waals surface area contributed by atoms with Crippen molar-refractivity contribution in [1.82, 2.24) is 14.1 Å². The summed E-state index contributed by atoms with van der Waals surface area (Å²) in [6.45, 7) is 4.59. The first-order valence-electron chi connectivity index (χ1n) is 5.12. The molecule has 6 heteroatoms. The average molecular weight is 286 g/mol. The zero-order chi connectivity index (χ0) is 11.9. The molecule has 0 aliphatic rings. The van der Waals surface area contributed by atoms with Gasteiger partial charge in [0.15, 0.2) is 0 Å². The van der Waals surface area contributed by atoms with Gasteiger partial charge in [-0.2, -0.15) is 0 Å². The summed E-state index contributed by atoms with van der Waals surface area (Å²) in [6.07, 6.45) is 0. The van der Waals surface area contributed by atoms with Crippen LogP contribution in [0.15, 0.2) is 20.3 Å². The van der Waals surface area contributed by atoms with Crippen molar-refractivity contribution in [2.24, 2.45) is 0 Å². The Labute approximate surface area is 99.8 Å². The maximum atomic E-state index is 12.0. The van der Waals surface area contributed by atoms with Gasteiger partial charge in [-0.15, -0.1) is 0 Å². The van der Waals surface area contributed by atoms with E-state index >= 15 is 0 Å². The predicted octanol–water partition coefficient (Wildman–Crippen LogP) is 1.29. The van der Waals surface area contributed by atoms with E-state index in [4.69, 9.17) is 0 Å². The third-order valence-corrected chi connectivity index (χ3v) is 3.04. The first kappa shape index (κ1) is 11.2. The number of aromatic amines is 1. The highest BCUT2D eigenvalue weighted by Crippen LogP contribution is 2.14. The predicted molar refractivity (Wildman–Crippen MR) is 65.9 cm³/mol. The molecule has 5 nitrogen and oxygen atoms in total. The van der Waals surface area contributed by atoms with Crippen molar-refractivity contribution in [3.63, 3.8) is 0 Å². The Kier molecular flexibility index (Phi) is 2.75. The summed E-state index contributed by atoms with van der Waals surface area (Å²) in [7, 11) is 0. The van der Waals surface area contributed by atoms with Crippen LogP contribution in [0.25, 0.3) is 11.0 Å². The van der Waals surface area contributed by atoms with Gasteiger partial charge in [-0.3, -0.25) is 13.9 Å². The summed E-state index contributed by atoms with van der Waals surface area (Å²) in [5, 5.41) is 0. The first-order valence-corrected chi connectivity index (χ1v) is 5.91. The lowest BCUT2D eigenvalue weighted by Gasteiger charge is -2.07. The van der Waals surface area contributed by atoms with Crippen LogP contribution in [-0.2, 0) is 13.1 Å². The van der Waals surface area contributed by atoms with Crippen LogP contribution in [0.4, 0.5) is 0 Å². The zero-order valence-corrected chi connectivity index (χ0v) is 10.7. The Morgan fingerprint density at radius 3 is 2.44 bits per heavy atom. The molecule has 86 valence electrons. The molecule has 0 unspecified atom stereocenters. The fraction of sp³-hybridized carbons (Fsp3) is 0.400. The first-order chi connectivity index (χ1) is 7.60. The molecule has 2 heterocycles. The molecule has 16 heavy (non-hydrogen) atoms. The van der Waals surface area contributed by atoms with Crippen molar-refractivity contribution in [3.05, 3.63) is 31.5 Å². The number of aromatic nitrogens is 3. The summed E-state index contributed by atoms with van der Waals surface area (Å²) < 4.78 is 3.52. The van der Waals surface area contributed by atoms with Crippen molar-refractivity contribution in [1.29, 1.82) is 0 Å². The second-order valence-electron chi connectivity index (χ2n) is 3.45. The van der Waals surface area contributed by atoms with Gasteiger partial charge in [0.1, 0.15) is 5.52 Å². The second kappa shape index (κ2) is 3.93. The van der Waals surface area contributed by atoms with E-state index < -0.39 is 0 Å². The van der Waals surface area contributed by atoms with Gasteiger partial charge < -0.3 is 4.98 Å². The molecule has 0 atom stereocenters. The third kappa shape index (κ3) is 1.44. The summed E-state index contributed by atoms with van der Waals surface area (Å²) in [4.78, 5) is 26.9. The number of nitrogens with one attached hydrogen (secondary N) is 1. The van der Waals surface area contributed by atoms with Crippen LogP contribution in [0.3, 0.4) is 0 Å². The van der Waals surface area contributed by atoms with Gasteiger partial charge in [0, 0.05) is 13.1 Å². The minimum Gasteiger partial charge on any atom is -0.343 e. The number of aryl methyl sites for hydroxylation is 1. The number of H-pyrrole nitrogens is 1. The highest BCUT2D eigenvalue weighted by molar-refractivity contribution is 9.10. The number of hydrogen-bond donors (Lipinski definition) is 1. The van der Waals surface area contributed by atoms with Crippen molar-refractivity contribution in [2.45, 2.75) is 26.9 Å². The highest BCUT2D eigenvalue weighted by Gasteiger charge is 2.12. The minimum absolute atomic E-state index is 0.256. The molecule has 0 spiro atoms. The molecule has 2 rings (SSSR count). The maximum absolute atomic E-state index is 12.0. The Morgan fingerprint density at radius 1 is 1.25 bits per heavy atom. The molecule has 0 saturated carbocycles. The van der Waals surface area contributed by atoms with Crippen LogP contribution in [0, 0.1) is 0 Å². The average Bonchev–Trinajstić information content (AvgIpc) is 2.62. The number of fused-ring (bicyclic) bond motifs is 1. The van der Waals surface area contributed by atoms with Gasteiger partial charge in [-0.25, -0.2) is 4.79 Å². The molecule has 0 amide bonds. The third-order valence-electron chi connectivity index (χ3n) is 2.61. The normalized spacial score (nSPS) is 11.2. The van der Waals surface area contributed by atoms with Crippen molar-refractivity contribution < 1.29 is 0 Å². The zero-order valence-electron chi connectivity index (χ0n) is 9.08. The molecular formula is C10H12BrN3O2. The molecule has 0 bridgehead atoms. The summed E-state index contributed by atoms with van der Waals surface area (Å²) in [6, 6.07) is 1.75. The van der Waals surface area contributed by atoms with Crippen LogP contribution in [0.1, 0.15) is 13.8 Å². The summed E-state index contributed by atoms with van der Waals surface area (Å²) >= 11 is 3.27. The van der Waals surface area contributed by atoms with E-state index in [2.05, 4.69) is 20.9 Å². The molecule has 1 N–H and O–H groups in total. The van der Waals surface area contributed by atoms with Crippen LogP contribution >= 0.6 is 15.9 Å². The molecule has 0 aliphatic heterocycles. The van der Waals surface area contributed by atoms with Gasteiger partial charge in [0.2, 0.25) is 0 Å². The Hall–Kier alpha value is -1.30. The van der Waals surface area contributed by atoms with Crippen LogP contribution in [0.5, 0.6) is 0 Å². The fourth-order valence-corrected chi connectivity index (χ4v) is 2.26. The van der Waals surface area contributed by atoms with E-state index in [9.17, 15) is 9.59 Å². The number of nitrogens with zero attached hydrogens (tertiary/aromatic N) is 2. The summed E-state index contributed by atoms with van der Waals surface area (Å²) in [5.41, 5.74) is 0.594. The van der Waals surface area contributed by atoms with Gasteiger partial charge in [-0.1, -0.05) is 0 Å². The lowest BCUT2D eigenvalue weighted by atomic mass is 10.4. The van der Waals surface area contributed by atoms with Crippen molar-refractivity contribution in [3.8, 4) is 0 Å². The number of halogens is 1. The van der Waals surface area contributed by atoms with E-state index in [0.717, 1.165) is 0 Å². The topological polar surface area (TPSA) is 59.8 Å². The maximum Gasteiger partial charge on any atom is 0.331 e. The van der Waals surface area contributed by atoms with Crippen LogP contribution in [-0.4, -0.2) is 14.1 Å². The molecule has 2 aromatic heterocycles. The Morgan fingerprint density at radius 2 is 1.88 bits per heavy atom. The Bertz CT molecular complexity index is 650. The minimum atomic E-state index is -0.266. The van der Waals surface area contributed by atoms with Crippen LogP contribution < -0.4 is 11.2 Å². The Balaban J connectivity index is 3.05. The van der Waals surface area contributed by atoms with E-state index in [0.29, 0.717) is 28.7 Å². The van der Waals surface area contributed by atoms with Crippen LogP contribution in [0.2, 0.25) is 0 Å². The van der Waals surface area contributed by atoms with E-state index in [-0.39, 0.29) is 11.2 Å². The van der Waals surface area contributed by atoms with Gasteiger partial charge in [0.25, 0.3) is 5.56 Å². The second-order valence-corrected chi connectivity index (χ2v) is 4.31. The van der Waals surface area contributed by atoms with Gasteiger partial charge in [-0.05, 0) is 35.8 Å². The standard InChI is InChI=1S/C10H12BrN3O2/c1-3-13-6-5-7(11)12-8(6)9(15)14(4-2)10(13)16/h5,12H,3-4H2,1-2H3. The van der Waals surface area contributed by atoms with E-state index in [1.807, 2.05) is 6.92 Å². The molecule has 0 aliphatic carbocycles. The van der Waals surface area contributed by atoms with Crippen molar-refractivity contribution in [2.75, 3.05) is 0 Å². The lowest BCUT2D eigenvalue weighted by molar-refractivity contribution is 0.608. The molecule has 0 fully saturated rings. The number of rotatable bonds is 2. The molecular weight excluding hydrogens is 274 g/mol.